The molecule has 3 rings (SSSR count). The first-order valence-electron chi connectivity index (χ1n) is 7.11. The van der Waals surface area contributed by atoms with Gasteiger partial charge in [-0.2, -0.15) is 4.98 Å². The normalized spacial score (nSPS) is 11.9. The predicted molar refractivity (Wildman–Crippen MR) is 81.7 cm³/mol. The number of hydrogen-bond donors (Lipinski definition) is 0. The topological polar surface area (TPSA) is 78.1 Å². The van der Waals surface area contributed by atoms with Crippen LogP contribution in [-0.4, -0.2) is 21.1 Å². The van der Waals surface area contributed by atoms with Crippen LogP contribution in [-0.2, 0) is 4.74 Å². The van der Waals surface area contributed by atoms with Crippen LogP contribution in [0.5, 0.6) is 0 Å². The van der Waals surface area contributed by atoms with Crippen molar-refractivity contribution < 1.29 is 14.1 Å². The monoisotopic (exact) mass is 309 g/mol. The zero-order valence-corrected chi connectivity index (χ0v) is 12.8. The van der Waals surface area contributed by atoms with Crippen molar-refractivity contribution in [2.24, 2.45) is 0 Å². The standard InChI is InChI=1S/C17H15N3O3/c1-11-8-14(10-18-9-11)17(21)22-15(13-6-4-3-5-7-13)16-19-12(2)20-23-16/h3-10,15H,1-2H3/t15-/m0/s1. The molecule has 3 aromatic rings. The van der Waals surface area contributed by atoms with E-state index in [9.17, 15) is 4.79 Å². The second-order valence-corrected chi connectivity index (χ2v) is 5.13. The molecule has 0 aliphatic carbocycles. The fourth-order valence-corrected chi connectivity index (χ4v) is 2.15. The first kappa shape index (κ1) is 14.9. The smallest absolute Gasteiger partial charge is 0.340 e. The zero-order chi connectivity index (χ0) is 16.2. The third-order valence-electron chi connectivity index (χ3n) is 3.21. The van der Waals surface area contributed by atoms with Crippen LogP contribution in [0.1, 0.15) is 39.3 Å². The first-order valence-corrected chi connectivity index (χ1v) is 7.11. The molecule has 0 radical (unpaired) electrons. The Morgan fingerprint density at radius 1 is 1.17 bits per heavy atom. The van der Waals surface area contributed by atoms with Crippen molar-refractivity contribution in [3.05, 3.63) is 77.2 Å². The molecule has 2 aromatic heterocycles. The summed E-state index contributed by atoms with van der Waals surface area (Å²) < 4.78 is 10.8. The van der Waals surface area contributed by atoms with Crippen LogP contribution < -0.4 is 0 Å². The van der Waals surface area contributed by atoms with Crippen molar-refractivity contribution in [1.82, 2.24) is 15.1 Å². The molecule has 23 heavy (non-hydrogen) atoms. The quantitative estimate of drug-likeness (QED) is 0.689. The molecule has 0 fully saturated rings. The number of nitrogens with zero attached hydrogens (tertiary/aromatic N) is 3. The van der Waals surface area contributed by atoms with Crippen molar-refractivity contribution in [2.45, 2.75) is 20.0 Å². The third kappa shape index (κ3) is 3.42. The van der Waals surface area contributed by atoms with Crippen LogP contribution in [0.3, 0.4) is 0 Å². The Labute approximate surface area is 133 Å². The summed E-state index contributed by atoms with van der Waals surface area (Å²) in [7, 11) is 0. The van der Waals surface area contributed by atoms with E-state index in [4.69, 9.17) is 9.26 Å². The van der Waals surface area contributed by atoms with Gasteiger partial charge in [0.1, 0.15) is 0 Å². The molecule has 0 aliphatic heterocycles. The highest BCUT2D eigenvalue weighted by molar-refractivity contribution is 5.89. The lowest BCUT2D eigenvalue weighted by Gasteiger charge is -2.14. The minimum absolute atomic E-state index is 0.239. The minimum atomic E-state index is -0.759. The lowest BCUT2D eigenvalue weighted by atomic mass is 10.1. The van der Waals surface area contributed by atoms with Crippen LogP contribution >= 0.6 is 0 Å². The van der Waals surface area contributed by atoms with E-state index in [-0.39, 0.29) is 5.89 Å². The molecule has 6 heteroatoms. The molecular weight excluding hydrogens is 294 g/mol. The van der Waals surface area contributed by atoms with Gasteiger partial charge in [0, 0.05) is 18.0 Å². The molecule has 0 saturated heterocycles. The maximum Gasteiger partial charge on any atom is 0.340 e. The van der Waals surface area contributed by atoms with Gasteiger partial charge in [-0.25, -0.2) is 4.79 Å². The highest BCUT2D eigenvalue weighted by Crippen LogP contribution is 2.25. The third-order valence-corrected chi connectivity index (χ3v) is 3.21. The summed E-state index contributed by atoms with van der Waals surface area (Å²) in [5, 5.41) is 3.77. The van der Waals surface area contributed by atoms with E-state index < -0.39 is 12.1 Å². The number of ether oxygens (including phenoxy) is 1. The molecule has 6 nitrogen and oxygen atoms in total. The molecule has 116 valence electrons. The zero-order valence-electron chi connectivity index (χ0n) is 12.8. The van der Waals surface area contributed by atoms with Gasteiger partial charge < -0.3 is 9.26 Å². The second kappa shape index (κ2) is 6.39. The largest absolute Gasteiger partial charge is 0.444 e. The molecule has 2 heterocycles. The summed E-state index contributed by atoms with van der Waals surface area (Å²) in [5.74, 6) is 0.225. The molecule has 0 bridgehead atoms. The van der Waals surface area contributed by atoms with Crippen LogP contribution in [0.2, 0.25) is 0 Å². The minimum Gasteiger partial charge on any atom is -0.444 e. The van der Waals surface area contributed by atoms with Crippen LogP contribution in [0, 0.1) is 13.8 Å². The van der Waals surface area contributed by atoms with Crippen LogP contribution in [0.15, 0.2) is 53.3 Å². The van der Waals surface area contributed by atoms with Crippen molar-refractivity contribution in [2.75, 3.05) is 0 Å². The SMILES string of the molecule is Cc1cncc(C(=O)O[C@@H](c2ccccc2)c2nc(C)no2)c1. The molecule has 0 aliphatic rings. The van der Waals surface area contributed by atoms with Gasteiger partial charge in [-0.3, -0.25) is 4.98 Å². The van der Waals surface area contributed by atoms with Gasteiger partial charge in [-0.1, -0.05) is 35.5 Å². The highest BCUT2D eigenvalue weighted by Gasteiger charge is 2.25. The number of carbonyl (C=O) groups excluding carboxylic acids is 1. The number of benzene rings is 1. The van der Waals surface area contributed by atoms with Crippen LogP contribution in [0.25, 0.3) is 0 Å². The highest BCUT2D eigenvalue weighted by atomic mass is 16.6. The summed E-state index contributed by atoms with van der Waals surface area (Å²) >= 11 is 0. The van der Waals surface area contributed by atoms with Gasteiger partial charge in [-0.15, -0.1) is 0 Å². The first-order chi connectivity index (χ1) is 11.1. The summed E-state index contributed by atoms with van der Waals surface area (Å²) in [5.41, 5.74) is 2.01. The fraction of sp³-hybridized carbons (Fsp3) is 0.176. The average molecular weight is 309 g/mol. The van der Waals surface area contributed by atoms with E-state index in [1.165, 1.54) is 6.20 Å². The van der Waals surface area contributed by atoms with Crippen LogP contribution in [0.4, 0.5) is 0 Å². The number of hydrogen-bond acceptors (Lipinski definition) is 6. The van der Waals surface area contributed by atoms with E-state index in [0.717, 1.165) is 11.1 Å². The Kier molecular flexibility index (Phi) is 4.14. The Morgan fingerprint density at radius 3 is 2.61 bits per heavy atom. The maximum absolute atomic E-state index is 12.4. The van der Waals surface area contributed by atoms with E-state index in [0.29, 0.717) is 11.4 Å². The van der Waals surface area contributed by atoms with Crippen molar-refractivity contribution >= 4 is 5.97 Å². The lowest BCUT2D eigenvalue weighted by molar-refractivity contribution is 0.0314. The summed E-state index contributed by atoms with van der Waals surface area (Å²) in [4.78, 5) is 20.6. The van der Waals surface area contributed by atoms with Gasteiger partial charge in [0.2, 0.25) is 6.10 Å². The lowest BCUT2D eigenvalue weighted by Crippen LogP contribution is -2.14. The second-order valence-electron chi connectivity index (χ2n) is 5.13. The van der Waals surface area contributed by atoms with E-state index in [2.05, 4.69) is 15.1 Å². The number of aromatic nitrogens is 3. The molecular formula is C17H15N3O3. The van der Waals surface area contributed by atoms with Gasteiger partial charge in [0.25, 0.3) is 5.89 Å². The Morgan fingerprint density at radius 2 is 1.96 bits per heavy atom. The molecule has 0 saturated carbocycles. The molecule has 0 amide bonds. The van der Waals surface area contributed by atoms with Gasteiger partial charge in [0.05, 0.1) is 5.56 Å². The fourth-order valence-electron chi connectivity index (χ4n) is 2.15. The number of aryl methyl sites for hydroxylation is 2. The molecule has 1 atom stereocenters. The van der Waals surface area contributed by atoms with Crippen molar-refractivity contribution in [3.8, 4) is 0 Å². The number of pyridine rings is 1. The maximum atomic E-state index is 12.4. The van der Waals surface area contributed by atoms with Gasteiger partial charge >= 0.3 is 5.97 Å². The Hall–Kier alpha value is -3.02. The van der Waals surface area contributed by atoms with Gasteiger partial charge in [0.15, 0.2) is 5.82 Å². The number of rotatable bonds is 4. The number of esters is 1. The summed E-state index contributed by atoms with van der Waals surface area (Å²) in [6.07, 6.45) is 2.38. The Bertz CT molecular complexity index is 815. The number of carbonyl (C=O) groups is 1. The van der Waals surface area contributed by atoms with E-state index in [1.54, 1.807) is 19.2 Å². The Balaban J connectivity index is 1.92. The van der Waals surface area contributed by atoms with E-state index in [1.807, 2.05) is 37.3 Å². The predicted octanol–water partition coefficient (Wildman–Crippen LogP) is 3.03. The molecule has 0 N–H and O–H groups in total. The van der Waals surface area contributed by atoms with Gasteiger partial charge in [-0.05, 0) is 25.5 Å². The van der Waals surface area contributed by atoms with Crippen molar-refractivity contribution in [3.63, 3.8) is 0 Å². The molecule has 0 unspecified atom stereocenters. The molecule has 1 aromatic carbocycles. The van der Waals surface area contributed by atoms with E-state index >= 15 is 0 Å². The summed E-state index contributed by atoms with van der Waals surface area (Å²) in [6, 6.07) is 11.0. The molecule has 0 spiro atoms. The summed E-state index contributed by atoms with van der Waals surface area (Å²) in [6.45, 7) is 3.57. The average Bonchev–Trinajstić information content (AvgIpc) is 2.99. The van der Waals surface area contributed by atoms with Crippen molar-refractivity contribution in [1.29, 1.82) is 0 Å².